The van der Waals surface area contributed by atoms with Crippen LogP contribution >= 0.6 is 0 Å². The van der Waals surface area contributed by atoms with E-state index < -0.39 is 24.5 Å². The van der Waals surface area contributed by atoms with E-state index in [1.54, 1.807) is 16.7 Å². The predicted octanol–water partition coefficient (Wildman–Crippen LogP) is 1.73. The van der Waals surface area contributed by atoms with Gasteiger partial charge in [-0.3, -0.25) is 14.5 Å². The molecule has 1 saturated carbocycles. The van der Waals surface area contributed by atoms with Gasteiger partial charge in [-0.05, 0) is 43.6 Å². The van der Waals surface area contributed by atoms with Crippen LogP contribution in [0.2, 0.25) is 0 Å². The first-order valence-electron chi connectivity index (χ1n) is 12.2. The first-order chi connectivity index (χ1) is 16.4. The number of hydrogen-bond donors (Lipinski definition) is 1. The van der Waals surface area contributed by atoms with Crippen LogP contribution in [0.25, 0.3) is 0 Å². The summed E-state index contributed by atoms with van der Waals surface area (Å²) in [6, 6.07) is 8.54. The molecule has 5 rings (SSSR count). The molecule has 4 atom stereocenters. The molecule has 0 aromatic heterocycles. The molecular weight excluding hydrogens is 438 g/mol. The molecule has 3 aliphatic heterocycles. The lowest BCUT2D eigenvalue weighted by molar-refractivity contribution is -0.152. The molecule has 1 N–H and O–H groups in total. The summed E-state index contributed by atoms with van der Waals surface area (Å²) in [5.41, 5.74) is 0.942. The van der Waals surface area contributed by atoms with Crippen molar-refractivity contribution in [2.75, 3.05) is 26.2 Å². The Hall–Kier alpha value is -2.65. The van der Waals surface area contributed by atoms with E-state index in [1.165, 1.54) is 4.90 Å². The average Bonchev–Trinajstić information content (AvgIpc) is 3.51. The van der Waals surface area contributed by atoms with Crippen LogP contribution in [0.4, 0.5) is 4.79 Å². The molecule has 3 amide bonds. The topological polar surface area (TPSA) is 99.6 Å². The highest BCUT2D eigenvalue weighted by molar-refractivity contribution is 5.87. The number of piperidine rings is 1. The molecule has 9 heteroatoms. The van der Waals surface area contributed by atoms with Crippen molar-refractivity contribution in [1.29, 1.82) is 0 Å². The molecule has 184 valence electrons. The number of carbonyl (C=O) groups excluding carboxylic acids is 3. The van der Waals surface area contributed by atoms with Crippen LogP contribution in [0.3, 0.4) is 0 Å². The summed E-state index contributed by atoms with van der Waals surface area (Å²) in [6.07, 6.45) is 2.30. The maximum Gasteiger partial charge on any atom is 0.410 e. The highest BCUT2D eigenvalue weighted by Crippen LogP contribution is 2.53. The van der Waals surface area contributed by atoms with E-state index in [0.717, 1.165) is 24.8 Å². The molecule has 0 radical (unpaired) electrons. The number of aliphatic hydroxyl groups is 1. The number of nitrogens with zero attached hydrogens (tertiary/aromatic N) is 3. The van der Waals surface area contributed by atoms with E-state index in [2.05, 4.69) is 0 Å². The molecule has 4 aliphatic rings. The van der Waals surface area contributed by atoms with E-state index in [1.807, 2.05) is 30.3 Å². The molecule has 9 nitrogen and oxygen atoms in total. The molecule has 3 heterocycles. The second-order valence-electron chi connectivity index (χ2n) is 10.1. The quantitative estimate of drug-likeness (QED) is 0.702. The van der Waals surface area contributed by atoms with Gasteiger partial charge in [0.05, 0.1) is 25.3 Å². The van der Waals surface area contributed by atoms with Crippen LogP contribution in [-0.2, 0) is 25.7 Å². The Balaban J connectivity index is 1.13. The minimum Gasteiger partial charge on any atom is -0.445 e. The lowest BCUT2D eigenvalue weighted by Gasteiger charge is -2.41. The van der Waals surface area contributed by atoms with Crippen LogP contribution in [0, 0.1) is 5.41 Å². The van der Waals surface area contributed by atoms with E-state index >= 15 is 0 Å². The lowest BCUT2D eigenvalue weighted by Crippen LogP contribution is -2.62. The van der Waals surface area contributed by atoms with Gasteiger partial charge in [-0.15, -0.1) is 0 Å². The van der Waals surface area contributed by atoms with Crippen molar-refractivity contribution in [2.45, 2.75) is 70.1 Å². The van der Waals surface area contributed by atoms with Gasteiger partial charge in [0.25, 0.3) is 0 Å². The molecule has 4 fully saturated rings. The zero-order valence-corrected chi connectivity index (χ0v) is 19.6. The fraction of sp³-hybridized carbons (Fsp3) is 0.640. The third kappa shape index (κ3) is 4.38. The van der Waals surface area contributed by atoms with Gasteiger partial charge in [0.15, 0.2) is 6.23 Å². The van der Waals surface area contributed by atoms with E-state index in [4.69, 9.17) is 9.47 Å². The summed E-state index contributed by atoms with van der Waals surface area (Å²) < 4.78 is 11.3. The van der Waals surface area contributed by atoms with Gasteiger partial charge in [-0.2, -0.15) is 0 Å². The Morgan fingerprint density at radius 2 is 1.94 bits per heavy atom. The van der Waals surface area contributed by atoms with Gasteiger partial charge >= 0.3 is 6.09 Å². The minimum atomic E-state index is -0.661. The largest absolute Gasteiger partial charge is 0.445 e. The van der Waals surface area contributed by atoms with Gasteiger partial charge in [-0.1, -0.05) is 30.3 Å². The van der Waals surface area contributed by atoms with Crippen molar-refractivity contribution in [3.8, 4) is 0 Å². The second-order valence-corrected chi connectivity index (χ2v) is 10.1. The van der Waals surface area contributed by atoms with Crippen LogP contribution in [0.5, 0.6) is 0 Å². The van der Waals surface area contributed by atoms with Gasteiger partial charge < -0.3 is 24.4 Å². The van der Waals surface area contributed by atoms with Crippen LogP contribution in [0.15, 0.2) is 30.3 Å². The molecule has 0 bridgehead atoms. The number of aliphatic hydroxyl groups excluding tert-OH is 1. The second kappa shape index (κ2) is 9.19. The van der Waals surface area contributed by atoms with E-state index in [0.29, 0.717) is 32.5 Å². The summed E-state index contributed by atoms with van der Waals surface area (Å²) in [5, 5.41) is 10.4. The zero-order chi connectivity index (χ0) is 23.9. The van der Waals surface area contributed by atoms with E-state index in [-0.39, 0.29) is 36.4 Å². The molecular formula is C25H33N3O6. The Kier molecular flexibility index (Phi) is 6.24. The number of piperazine rings is 1. The van der Waals surface area contributed by atoms with Crippen molar-refractivity contribution in [1.82, 2.24) is 14.7 Å². The zero-order valence-electron chi connectivity index (χ0n) is 19.6. The Labute approximate surface area is 199 Å². The van der Waals surface area contributed by atoms with Gasteiger partial charge in [0.2, 0.25) is 11.8 Å². The summed E-state index contributed by atoms with van der Waals surface area (Å²) in [4.78, 5) is 43.5. The van der Waals surface area contributed by atoms with Gasteiger partial charge in [-0.25, -0.2) is 4.79 Å². The number of ether oxygens (including phenoxy) is 2. The van der Waals surface area contributed by atoms with Crippen molar-refractivity contribution < 1.29 is 29.0 Å². The normalized spacial score (nSPS) is 29.8. The lowest BCUT2D eigenvalue weighted by atomic mass is 9.90. The molecule has 1 aromatic carbocycles. The summed E-state index contributed by atoms with van der Waals surface area (Å²) in [5.74, 6) is -0.173. The molecule has 1 aliphatic carbocycles. The highest BCUT2D eigenvalue weighted by atomic mass is 16.6. The summed E-state index contributed by atoms with van der Waals surface area (Å²) in [7, 11) is 0. The summed E-state index contributed by atoms with van der Waals surface area (Å²) in [6.45, 7) is 3.53. The predicted molar refractivity (Wildman–Crippen MR) is 121 cm³/mol. The fourth-order valence-electron chi connectivity index (χ4n) is 5.45. The Morgan fingerprint density at radius 1 is 1.18 bits per heavy atom. The number of rotatable bonds is 5. The van der Waals surface area contributed by atoms with Gasteiger partial charge in [0, 0.05) is 19.5 Å². The minimum absolute atomic E-state index is 0.0154. The smallest absolute Gasteiger partial charge is 0.410 e. The van der Waals surface area contributed by atoms with Gasteiger partial charge in [0.1, 0.15) is 12.6 Å². The number of hydrogen-bond acceptors (Lipinski definition) is 6. The number of benzene rings is 1. The van der Waals surface area contributed by atoms with Crippen molar-refractivity contribution in [3.63, 3.8) is 0 Å². The maximum absolute atomic E-state index is 13.1. The van der Waals surface area contributed by atoms with Crippen LogP contribution in [0.1, 0.15) is 44.6 Å². The maximum atomic E-state index is 13.1. The SMILES string of the molecule is C[C@H]1C(=O)N2C(CN1C(=O)OCc1ccccc1)OC[C@@H]2CCC(=O)N1CCC2(CC2)C(O)C1. The Morgan fingerprint density at radius 3 is 2.65 bits per heavy atom. The van der Waals surface area contributed by atoms with Crippen molar-refractivity contribution >= 4 is 17.9 Å². The first kappa shape index (κ1) is 23.1. The number of likely N-dealkylation sites (tertiary alicyclic amines) is 1. The van der Waals surface area contributed by atoms with Crippen molar-refractivity contribution in [3.05, 3.63) is 35.9 Å². The monoisotopic (exact) mass is 471 g/mol. The number of β-amino-alcohol motifs (C(OH)–C–C–N with tert-alkyl or cyclic N) is 1. The number of amides is 3. The molecule has 3 saturated heterocycles. The third-order valence-electron chi connectivity index (χ3n) is 7.97. The molecule has 1 spiro atoms. The number of carbonyl (C=O) groups is 3. The molecule has 2 unspecified atom stereocenters. The van der Waals surface area contributed by atoms with Crippen LogP contribution in [-0.4, -0.2) is 88.4 Å². The standard InChI is InChI=1S/C25H33N3O6/c1-17-23(31)28-19(7-8-21(30)26-12-11-25(9-10-25)20(29)13-26)16-33-22(28)14-27(17)24(32)34-15-18-5-3-2-4-6-18/h2-6,17,19-20,22,29H,7-16H2,1H3/t17-,19-,20?,22?/m0/s1. The molecule has 1 aromatic rings. The first-order valence-corrected chi connectivity index (χ1v) is 12.2. The summed E-state index contributed by atoms with van der Waals surface area (Å²) >= 11 is 0. The molecule has 34 heavy (non-hydrogen) atoms. The fourth-order valence-corrected chi connectivity index (χ4v) is 5.45. The van der Waals surface area contributed by atoms with Crippen molar-refractivity contribution in [2.24, 2.45) is 5.41 Å². The third-order valence-corrected chi connectivity index (χ3v) is 7.97. The number of fused-ring (bicyclic) bond motifs is 1. The van der Waals surface area contributed by atoms with E-state index in [9.17, 15) is 19.5 Å². The van der Waals surface area contributed by atoms with Crippen LogP contribution < -0.4 is 0 Å². The Bertz CT molecular complexity index is 936. The highest BCUT2D eigenvalue weighted by Gasteiger charge is 2.52. The average molecular weight is 472 g/mol.